The molecule has 0 aromatic heterocycles. The van der Waals surface area contributed by atoms with Crippen LogP contribution in [0.1, 0.15) is 25.7 Å². The molecule has 0 bridgehead atoms. The van der Waals surface area contributed by atoms with Crippen molar-refractivity contribution < 1.29 is 4.79 Å². The van der Waals surface area contributed by atoms with Crippen LogP contribution >= 0.6 is 35.6 Å². The Kier molecular flexibility index (Phi) is 5.29. The number of carbonyl (C=O) groups is 1. The van der Waals surface area contributed by atoms with Crippen LogP contribution in [0.2, 0.25) is 10.0 Å². The lowest BCUT2D eigenvalue weighted by atomic mass is 9.98. The van der Waals surface area contributed by atoms with E-state index < -0.39 is 5.54 Å². The summed E-state index contributed by atoms with van der Waals surface area (Å²) in [7, 11) is 0. The van der Waals surface area contributed by atoms with Crippen LogP contribution < -0.4 is 11.1 Å². The molecular weight excluding hydrogens is 295 g/mol. The predicted molar refractivity (Wildman–Crippen MR) is 77.7 cm³/mol. The van der Waals surface area contributed by atoms with Gasteiger partial charge in [0.05, 0.1) is 15.6 Å². The summed E-state index contributed by atoms with van der Waals surface area (Å²) in [5.41, 5.74) is 5.94. The third-order valence-electron chi connectivity index (χ3n) is 3.13. The molecule has 3 nitrogen and oxygen atoms in total. The molecule has 6 heteroatoms. The van der Waals surface area contributed by atoms with Crippen molar-refractivity contribution in [1.29, 1.82) is 0 Å². The van der Waals surface area contributed by atoms with Crippen LogP contribution in [-0.4, -0.2) is 11.4 Å². The minimum absolute atomic E-state index is 0. The minimum Gasteiger partial charge on any atom is -0.324 e. The van der Waals surface area contributed by atoms with Crippen LogP contribution in [0.3, 0.4) is 0 Å². The highest BCUT2D eigenvalue weighted by atomic mass is 35.5. The average Bonchev–Trinajstić information content (AvgIpc) is 2.72. The number of halogens is 3. The largest absolute Gasteiger partial charge is 0.324 e. The van der Waals surface area contributed by atoms with Crippen molar-refractivity contribution in [2.24, 2.45) is 5.73 Å². The number of hydrogen-bond donors (Lipinski definition) is 2. The van der Waals surface area contributed by atoms with Crippen molar-refractivity contribution in [2.45, 2.75) is 31.2 Å². The molecule has 1 aromatic rings. The Balaban J connectivity index is 0.00000162. The maximum Gasteiger partial charge on any atom is 0.244 e. The van der Waals surface area contributed by atoms with Crippen molar-refractivity contribution in [3.63, 3.8) is 0 Å². The summed E-state index contributed by atoms with van der Waals surface area (Å²) < 4.78 is 0. The number of nitrogens with two attached hydrogens (primary N) is 1. The van der Waals surface area contributed by atoms with E-state index in [9.17, 15) is 4.79 Å². The fraction of sp³-hybridized carbons (Fsp3) is 0.417. The monoisotopic (exact) mass is 308 g/mol. The van der Waals surface area contributed by atoms with E-state index in [-0.39, 0.29) is 18.3 Å². The van der Waals surface area contributed by atoms with E-state index in [0.29, 0.717) is 15.7 Å². The van der Waals surface area contributed by atoms with E-state index in [4.69, 9.17) is 28.9 Å². The summed E-state index contributed by atoms with van der Waals surface area (Å²) in [6.45, 7) is 0. The molecule has 1 aliphatic rings. The summed E-state index contributed by atoms with van der Waals surface area (Å²) in [6, 6.07) is 4.99. The van der Waals surface area contributed by atoms with Crippen molar-refractivity contribution in [3.05, 3.63) is 28.2 Å². The van der Waals surface area contributed by atoms with Gasteiger partial charge in [-0.05, 0) is 31.0 Å². The molecule has 100 valence electrons. The molecule has 0 unspecified atom stereocenters. The first-order valence-corrected chi connectivity index (χ1v) is 6.32. The van der Waals surface area contributed by atoms with Gasteiger partial charge in [0.2, 0.25) is 5.91 Å². The third kappa shape index (κ3) is 3.29. The molecule has 0 spiro atoms. The molecular formula is C12H15Cl3N2O. The number of amides is 1. The molecule has 1 aliphatic carbocycles. The van der Waals surface area contributed by atoms with Crippen LogP contribution in [0, 0.1) is 0 Å². The second-order valence-corrected chi connectivity index (χ2v) is 5.26. The van der Waals surface area contributed by atoms with Gasteiger partial charge < -0.3 is 11.1 Å². The summed E-state index contributed by atoms with van der Waals surface area (Å²) in [4.78, 5) is 12.0. The normalized spacial score (nSPS) is 17.1. The van der Waals surface area contributed by atoms with E-state index >= 15 is 0 Å². The molecule has 0 atom stereocenters. The lowest BCUT2D eigenvalue weighted by Gasteiger charge is -2.22. The zero-order valence-corrected chi connectivity index (χ0v) is 12.0. The van der Waals surface area contributed by atoms with E-state index in [1.54, 1.807) is 18.2 Å². The van der Waals surface area contributed by atoms with Gasteiger partial charge in [0.25, 0.3) is 0 Å². The van der Waals surface area contributed by atoms with Crippen molar-refractivity contribution in [3.8, 4) is 0 Å². The van der Waals surface area contributed by atoms with Gasteiger partial charge in [-0.15, -0.1) is 12.4 Å². The lowest BCUT2D eigenvalue weighted by molar-refractivity contribution is -0.121. The van der Waals surface area contributed by atoms with Gasteiger partial charge in [0, 0.05) is 5.69 Å². The molecule has 1 saturated carbocycles. The smallest absolute Gasteiger partial charge is 0.244 e. The zero-order valence-electron chi connectivity index (χ0n) is 9.71. The van der Waals surface area contributed by atoms with Gasteiger partial charge in [-0.2, -0.15) is 0 Å². The predicted octanol–water partition coefficient (Wildman–Crippen LogP) is 3.63. The Morgan fingerprint density at radius 3 is 2.39 bits per heavy atom. The SMILES string of the molecule is Cl.NC1(C(=O)Nc2ccc(Cl)c(Cl)c2)CCCC1. The first-order chi connectivity index (χ1) is 8.01. The number of anilines is 1. The Bertz CT molecular complexity index is 445. The number of rotatable bonds is 2. The Labute approximate surface area is 122 Å². The third-order valence-corrected chi connectivity index (χ3v) is 3.86. The number of nitrogens with one attached hydrogen (secondary N) is 1. The van der Waals surface area contributed by atoms with E-state index in [1.807, 2.05) is 0 Å². The summed E-state index contributed by atoms with van der Waals surface area (Å²) in [5.74, 6) is -0.145. The second-order valence-electron chi connectivity index (χ2n) is 4.45. The van der Waals surface area contributed by atoms with Gasteiger partial charge in [-0.1, -0.05) is 36.0 Å². The highest BCUT2D eigenvalue weighted by Crippen LogP contribution is 2.30. The van der Waals surface area contributed by atoms with Gasteiger partial charge >= 0.3 is 0 Å². The molecule has 3 N–H and O–H groups in total. The number of carbonyl (C=O) groups excluding carboxylic acids is 1. The van der Waals surface area contributed by atoms with E-state index in [0.717, 1.165) is 25.7 Å². The van der Waals surface area contributed by atoms with Crippen LogP contribution in [-0.2, 0) is 4.79 Å². The van der Waals surface area contributed by atoms with E-state index in [1.165, 1.54) is 0 Å². The van der Waals surface area contributed by atoms with Crippen LogP contribution in [0.25, 0.3) is 0 Å². The number of hydrogen-bond acceptors (Lipinski definition) is 2. The topological polar surface area (TPSA) is 55.1 Å². The molecule has 0 heterocycles. The maximum absolute atomic E-state index is 12.0. The molecule has 1 fully saturated rings. The zero-order chi connectivity index (χ0) is 12.5. The van der Waals surface area contributed by atoms with Crippen molar-refractivity contribution >= 4 is 47.2 Å². The lowest BCUT2D eigenvalue weighted by Crippen LogP contribution is -2.48. The van der Waals surface area contributed by atoms with Crippen LogP contribution in [0.15, 0.2) is 18.2 Å². The van der Waals surface area contributed by atoms with Gasteiger partial charge in [-0.25, -0.2) is 0 Å². The maximum atomic E-state index is 12.0. The quantitative estimate of drug-likeness (QED) is 0.876. The standard InChI is InChI=1S/C12H14Cl2N2O.ClH/c13-9-4-3-8(7-10(9)14)16-11(17)12(15)5-1-2-6-12;/h3-4,7H,1-2,5-6,15H2,(H,16,17);1H. The van der Waals surface area contributed by atoms with Gasteiger partial charge in [-0.3, -0.25) is 4.79 Å². The Morgan fingerprint density at radius 1 is 1.22 bits per heavy atom. The van der Waals surface area contributed by atoms with Crippen molar-refractivity contribution in [1.82, 2.24) is 0 Å². The molecule has 0 aliphatic heterocycles. The van der Waals surface area contributed by atoms with Crippen molar-refractivity contribution in [2.75, 3.05) is 5.32 Å². The summed E-state index contributed by atoms with van der Waals surface area (Å²) >= 11 is 11.7. The molecule has 1 amide bonds. The fourth-order valence-electron chi connectivity index (χ4n) is 2.06. The minimum atomic E-state index is -0.730. The molecule has 0 radical (unpaired) electrons. The van der Waals surface area contributed by atoms with Gasteiger partial charge in [0.15, 0.2) is 0 Å². The van der Waals surface area contributed by atoms with Crippen LogP contribution in [0.5, 0.6) is 0 Å². The van der Waals surface area contributed by atoms with Crippen LogP contribution in [0.4, 0.5) is 5.69 Å². The fourth-order valence-corrected chi connectivity index (χ4v) is 2.36. The van der Waals surface area contributed by atoms with Gasteiger partial charge in [0.1, 0.15) is 0 Å². The highest BCUT2D eigenvalue weighted by Gasteiger charge is 2.36. The first kappa shape index (κ1) is 15.6. The average molecular weight is 310 g/mol. The summed E-state index contributed by atoms with van der Waals surface area (Å²) in [6.07, 6.45) is 3.48. The van der Waals surface area contributed by atoms with E-state index in [2.05, 4.69) is 5.32 Å². The second kappa shape index (κ2) is 6.11. The number of benzene rings is 1. The molecule has 18 heavy (non-hydrogen) atoms. The molecule has 1 aromatic carbocycles. The molecule has 2 rings (SSSR count). The molecule has 0 saturated heterocycles. The Hall–Kier alpha value is -0.480. The first-order valence-electron chi connectivity index (χ1n) is 5.57. The summed E-state index contributed by atoms with van der Waals surface area (Å²) in [5, 5.41) is 3.67. The highest BCUT2D eigenvalue weighted by molar-refractivity contribution is 6.42. The Morgan fingerprint density at radius 2 is 1.83 bits per heavy atom.